The second-order valence-electron chi connectivity index (χ2n) is 7.00. The standard InChI is InChI=1S/C22H22N2O6S/c1-4-29-19-11-16(7-10-18(19)30-14(2)3)12-20-21(25)23(22(26)31-20)13-15-5-8-17(9-6-15)24(27)28/h5-12,14H,4,13H2,1-3H3/b20-12+. The van der Waals surface area contributed by atoms with Gasteiger partial charge in [0, 0.05) is 12.1 Å². The third-order valence-electron chi connectivity index (χ3n) is 4.29. The van der Waals surface area contributed by atoms with E-state index >= 15 is 0 Å². The molecule has 0 unspecified atom stereocenters. The molecular weight excluding hydrogens is 420 g/mol. The van der Waals surface area contributed by atoms with Gasteiger partial charge >= 0.3 is 0 Å². The van der Waals surface area contributed by atoms with Crippen LogP contribution >= 0.6 is 11.8 Å². The molecule has 0 aliphatic carbocycles. The summed E-state index contributed by atoms with van der Waals surface area (Å²) in [4.78, 5) is 36.9. The first-order chi connectivity index (χ1) is 14.8. The minimum Gasteiger partial charge on any atom is -0.490 e. The number of carbonyl (C=O) groups is 2. The maximum atomic E-state index is 12.8. The highest BCUT2D eigenvalue weighted by Crippen LogP contribution is 2.35. The minimum atomic E-state index is -0.499. The van der Waals surface area contributed by atoms with Crippen LogP contribution in [0.4, 0.5) is 10.5 Å². The molecule has 2 amide bonds. The SMILES string of the molecule is CCOc1cc(/C=C2/SC(=O)N(Cc3ccc([N+](=O)[O-])cc3)C2=O)ccc1OC(C)C. The van der Waals surface area contributed by atoms with Crippen molar-refractivity contribution in [1.82, 2.24) is 4.90 Å². The number of carbonyl (C=O) groups excluding carboxylic acids is 2. The number of nitro groups is 1. The van der Waals surface area contributed by atoms with Crippen LogP contribution in [0.3, 0.4) is 0 Å². The van der Waals surface area contributed by atoms with Gasteiger partial charge in [-0.3, -0.25) is 24.6 Å². The summed E-state index contributed by atoms with van der Waals surface area (Å²) in [5, 5.41) is 10.4. The number of non-ortho nitro benzene ring substituents is 1. The van der Waals surface area contributed by atoms with E-state index in [2.05, 4.69) is 0 Å². The van der Waals surface area contributed by atoms with Gasteiger partial charge in [0.05, 0.1) is 29.1 Å². The molecule has 1 saturated heterocycles. The highest BCUT2D eigenvalue weighted by atomic mass is 32.2. The lowest BCUT2D eigenvalue weighted by molar-refractivity contribution is -0.384. The summed E-state index contributed by atoms with van der Waals surface area (Å²) >= 11 is 0.856. The van der Waals surface area contributed by atoms with E-state index in [1.165, 1.54) is 24.3 Å². The number of amides is 2. The van der Waals surface area contributed by atoms with E-state index in [1.54, 1.807) is 24.3 Å². The lowest BCUT2D eigenvalue weighted by Crippen LogP contribution is -2.27. The molecule has 162 valence electrons. The molecule has 8 nitrogen and oxygen atoms in total. The van der Waals surface area contributed by atoms with Gasteiger partial charge in [-0.15, -0.1) is 0 Å². The van der Waals surface area contributed by atoms with Crippen molar-refractivity contribution in [2.24, 2.45) is 0 Å². The third-order valence-corrected chi connectivity index (χ3v) is 5.20. The van der Waals surface area contributed by atoms with Crippen molar-refractivity contribution in [3.05, 3.63) is 68.6 Å². The van der Waals surface area contributed by atoms with Gasteiger partial charge in [-0.2, -0.15) is 0 Å². The Balaban J connectivity index is 1.79. The fourth-order valence-electron chi connectivity index (χ4n) is 2.93. The number of imide groups is 1. The molecule has 1 fully saturated rings. The van der Waals surface area contributed by atoms with Crippen LogP contribution in [0.15, 0.2) is 47.4 Å². The molecule has 0 N–H and O–H groups in total. The number of rotatable bonds is 8. The molecule has 3 rings (SSSR count). The zero-order valence-corrected chi connectivity index (χ0v) is 18.2. The Bertz CT molecular complexity index is 1030. The molecule has 31 heavy (non-hydrogen) atoms. The molecule has 9 heteroatoms. The van der Waals surface area contributed by atoms with Crippen LogP contribution in [0.25, 0.3) is 6.08 Å². The van der Waals surface area contributed by atoms with Crippen molar-refractivity contribution in [1.29, 1.82) is 0 Å². The van der Waals surface area contributed by atoms with Gasteiger partial charge in [-0.05, 0) is 61.9 Å². The molecule has 1 aliphatic heterocycles. The summed E-state index contributed by atoms with van der Waals surface area (Å²) in [6.45, 7) is 6.22. The van der Waals surface area contributed by atoms with Gasteiger partial charge < -0.3 is 9.47 Å². The van der Waals surface area contributed by atoms with Gasteiger partial charge in [0.25, 0.3) is 16.8 Å². The van der Waals surface area contributed by atoms with Crippen molar-refractivity contribution < 1.29 is 24.0 Å². The zero-order valence-electron chi connectivity index (χ0n) is 17.4. The molecule has 0 spiro atoms. The minimum absolute atomic E-state index is 0.0130. The second kappa shape index (κ2) is 9.65. The van der Waals surface area contributed by atoms with Gasteiger partial charge in [-0.25, -0.2) is 0 Å². The van der Waals surface area contributed by atoms with E-state index in [9.17, 15) is 19.7 Å². The number of benzene rings is 2. The van der Waals surface area contributed by atoms with Gasteiger partial charge in [-0.1, -0.05) is 18.2 Å². The summed E-state index contributed by atoms with van der Waals surface area (Å²) < 4.78 is 11.4. The van der Waals surface area contributed by atoms with E-state index in [4.69, 9.17) is 9.47 Å². The summed E-state index contributed by atoms with van der Waals surface area (Å²) in [5.41, 5.74) is 1.29. The maximum absolute atomic E-state index is 12.8. The average molecular weight is 442 g/mol. The summed E-state index contributed by atoms with van der Waals surface area (Å²) in [6.07, 6.45) is 1.63. The fourth-order valence-corrected chi connectivity index (χ4v) is 3.77. The molecule has 0 saturated carbocycles. The normalized spacial score (nSPS) is 15.1. The predicted molar refractivity (Wildman–Crippen MR) is 118 cm³/mol. The van der Waals surface area contributed by atoms with Crippen molar-refractivity contribution in [2.45, 2.75) is 33.4 Å². The van der Waals surface area contributed by atoms with Crippen LogP contribution in [-0.2, 0) is 11.3 Å². The lowest BCUT2D eigenvalue weighted by Gasteiger charge is -2.15. The molecule has 0 atom stereocenters. The molecule has 1 heterocycles. The van der Waals surface area contributed by atoms with Crippen LogP contribution in [0.5, 0.6) is 11.5 Å². The van der Waals surface area contributed by atoms with E-state index < -0.39 is 10.8 Å². The Morgan fingerprint density at radius 1 is 1.13 bits per heavy atom. The molecule has 2 aromatic carbocycles. The maximum Gasteiger partial charge on any atom is 0.293 e. The van der Waals surface area contributed by atoms with Gasteiger partial charge in [0.2, 0.25) is 0 Å². The van der Waals surface area contributed by atoms with Crippen molar-refractivity contribution >= 4 is 34.7 Å². The summed E-state index contributed by atoms with van der Waals surface area (Å²) in [7, 11) is 0. The Kier molecular flexibility index (Phi) is 6.96. The van der Waals surface area contributed by atoms with E-state index in [0.29, 0.717) is 34.1 Å². The quantitative estimate of drug-likeness (QED) is 0.322. The Hall–Kier alpha value is -3.33. The summed E-state index contributed by atoms with van der Waals surface area (Å²) in [5.74, 6) is 0.768. The monoisotopic (exact) mass is 442 g/mol. The fraction of sp³-hybridized carbons (Fsp3) is 0.273. The summed E-state index contributed by atoms with van der Waals surface area (Å²) in [6, 6.07) is 11.1. The molecule has 0 bridgehead atoms. The number of nitro benzene ring substituents is 1. The number of hydrogen-bond donors (Lipinski definition) is 0. The molecule has 0 aromatic heterocycles. The van der Waals surface area contributed by atoms with E-state index in [-0.39, 0.29) is 23.6 Å². The van der Waals surface area contributed by atoms with Crippen LogP contribution in [0.1, 0.15) is 31.9 Å². The Morgan fingerprint density at radius 2 is 1.84 bits per heavy atom. The van der Waals surface area contributed by atoms with Gasteiger partial charge in [0.1, 0.15) is 0 Å². The van der Waals surface area contributed by atoms with Gasteiger partial charge in [0.15, 0.2) is 11.5 Å². The lowest BCUT2D eigenvalue weighted by atomic mass is 10.1. The Labute approximate surface area is 184 Å². The molecular formula is C22H22N2O6S. The van der Waals surface area contributed by atoms with Crippen LogP contribution < -0.4 is 9.47 Å². The van der Waals surface area contributed by atoms with E-state index in [1.807, 2.05) is 20.8 Å². The number of nitrogens with zero attached hydrogens (tertiary/aromatic N) is 2. The first kappa shape index (κ1) is 22.4. The number of hydrogen-bond acceptors (Lipinski definition) is 7. The highest BCUT2D eigenvalue weighted by Gasteiger charge is 2.35. The van der Waals surface area contributed by atoms with Crippen LogP contribution in [0.2, 0.25) is 0 Å². The first-order valence-electron chi connectivity index (χ1n) is 9.70. The highest BCUT2D eigenvalue weighted by molar-refractivity contribution is 8.18. The predicted octanol–water partition coefficient (Wildman–Crippen LogP) is 5.02. The van der Waals surface area contributed by atoms with Crippen LogP contribution in [0, 0.1) is 10.1 Å². The number of ether oxygens (including phenoxy) is 2. The topological polar surface area (TPSA) is 99.0 Å². The van der Waals surface area contributed by atoms with E-state index in [0.717, 1.165) is 16.7 Å². The first-order valence-corrected chi connectivity index (χ1v) is 10.5. The second-order valence-corrected chi connectivity index (χ2v) is 7.99. The zero-order chi connectivity index (χ0) is 22.5. The Morgan fingerprint density at radius 3 is 2.45 bits per heavy atom. The van der Waals surface area contributed by atoms with Crippen molar-refractivity contribution in [3.63, 3.8) is 0 Å². The average Bonchev–Trinajstić information content (AvgIpc) is 2.97. The van der Waals surface area contributed by atoms with Crippen molar-refractivity contribution in [3.8, 4) is 11.5 Å². The molecule has 2 aromatic rings. The van der Waals surface area contributed by atoms with Crippen LogP contribution in [-0.4, -0.2) is 33.7 Å². The molecule has 0 radical (unpaired) electrons. The third kappa shape index (κ3) is 5.43. The number of thioether (sulfide) groups is 1. The van der Waals surface area contributed by atoms with Crippen molar-refractivity contribution in [2.75, 3.05) is 6.61 Å². The smallest absolute Gasteiger partial charge is 0.293 e. The molecule has 1 aliphatic rings. The largest absolute Gasteiger partial charge is 0.490 e.